The number of para-hydroxylation sites is 1. The molecule has 5 N–H and O–H groups in total. The van der Waals surface area contributed by atoms with Gasteiger partial charge in [0.05, 0.1) is 11.0 Å². The van der Waals surface area contributed by atoms with Gasteiger partial charge >= 0.3 is 0 Å². The molecule has 0 aliphatic heterocycles. The van der Waals surface area contributed by atoms with E-state index in [1.807, 2.05) is 18.2 Å². The first-order valence-electron chi connectivity index (χ1n) is 16.4. The van der Waals surface area contributed by atoms with E-state index in [-0.39, 0.29) is 0 Å². The minimum absolute atomic E-state index is 0.639. The van der Waals surface area contributed by atoms with Crippen molar-refractivity contribution in [2.45, 2.75) is 26.7 Å². The van der Waals surface area contributed by atoms with E-state index in [0.29, 0.717) is 6.42 Å². The topological polar surface area (TPSA) is 80.8 Å². The van der Waals surface area contributed by atoms with Crippen molar-refractivity contribution in [1.82, 2.24) is 4.57 Å². The van der Waals surface area contributed by atoms with Crippen molar-refractivity contribution in [3.63, 3.8) is 0 Å². The van der Waals surface area contributed by atoms with E-state index in [1.165, 1.54) is 72.8 Å². The molecule has 0 spiro atoms. The van der Waals surface area contributed by atoms with Crippen LogP contribution in [0.25, 0.3) is 55.0 Å². The second-order valence-corrected chi connectivity index (χ2v) is 11.4. The Hall–Kier alpha value is -6.13. The summed E-state index contributed by atoms with van der Waals surface area (Å²) in [6, 6.07) is 37.7. The van der Waals surface area contributed by atoms with Gasteiger partial charge in [0.2, 0.25) is 0 Å². The fourth-order valence-electron chi connectivity index (χ4n) is 5.88. The molecule has 1 aromatic heterocycles. The maximum atomic E-state index is 7.09. The largest absolute Gasteiger partial charge is 0.405 e. The van der Waals surface area contributed by atoms with Gasteiger partial charge in [0.25, 0.3) is 0 Å². The SMILES string of the molecule is C/C=C(\C)c1cccc(-c2ccc3c(ccc4c5ccc(C/C=C\C=C(/N)C/C=C\C=N)cc5n(-c5ccccc5)c34)c2)c1.C=C.C=CN. The fraction of sp³-hybridized carbons (Fsp3) is 0.0889. The molecular formula is C45H46N4. The Morgan fingerprint density at radius 3 is 2.24 bits per heavy atom. The summed E-state index contributed by atoms with van der Waals surface area (Å²) in [5.74, 6) is 0. The van der Waals surface area contributed by atoms with Crippen LogP contribution in [0.4, 0.5) is 0 Å². The fourth-order valence-corrected chi connectivity index (χ4v) is 5.88. The molecule has 6 aromatic rings. The molecule has 246 valence electrons. The zero-order chi connectivity index (χ0) is 35.2. The molecule has 0 saturated carbocycles. The minimum atomic E-state index is 0.639. The molecule has 4 heteroatoms. The first kappa shape index (κ1) is 35.7. The van der Waals surface area contributed by atoms with Crippen molar-refractivity contribution in [3.8, 4) is 16.8 Å². The third kappa shape index (κ3) is 8.43. The van der Waals surface area contributed by atoms with Crippen molar-refractivity contribution >= 4 is 44.4 Å². The normalized spacial score (nSPS) is 11.8. The number of hydrogen-bond donors (Lipinski definition) is 3. The molecule has 49 heavy (non-hydrogen) atoms. The second-order valence-electron chi connectivity index (χ2n) is 11.4. The van der Waals surface area contributed by atoms with E-state index in [2.05, 4.69) is 159 Å². The maximum absolute atomic E-state index is 7.09. The zero-order valence-corrected chi connectivity index (χ0v) is 28.6. The summed E-state index contributed by atoms with van der Waals surface area (Å²) < 4.78 is 2.42. The van der Waals surface area contributed by atoms with Crippen molar-refractivity contribution in [2.75, 3.05) is 0 Å². The molecule has 0 saturated heterocycles. The van der Waals surface area contributed by atoms with Gasteiger partial charge in [-0.15, -0.1) is 13.2 Å². The lowest BCUT2D eigenvalue weighted by Crippen LogP contribution is -1.95. The predicted molar refractivity (Wildman–Crippen MR) is 216 cm³/mol. The van der Waals surface area contributed by atoms with Crippen LogP contribution in [0.2, 0.25) is 0 Å². The van der Waals surface area contributed by atoms with Crippen LogP contribution >= 0.6 is 0 Å². The summed E-state index contributed by atoms with van der Waals surface area (Å²) in [6.45, 7) is 13.4. The van der Waals surface area contributed by atoms with Crippen LogP contribution in [0.15, 0.2) is 171 Å². The molecule has 4 nitrogen and oxygen atoms in total. The summed E-state index contributed by atoms with van der Waals surface area (Å²) in [6.07, 6.45) is 15.8. The Kier molecular flexibility index (Phi) is 12.9. The van der Waals surface area contributed by atoms with Crippen LogP contribution in [0.1, 0.15) is 31.4 Å². The highest BCUT2D eigenvalue weighted by Gasteiger charge is 2.16. The van der Waals surface area contributed by atoms with Gasteiger partial charge in [-0.1, -0.05) is 104 Å². The first-order chi connectivity index (χ1) is 24.0. The first-order valence-corrected chi connectivity index (χ1v) is 16.4. The minimum Gasteiger partial charge on any atom is -0.405 e. The van der Waals surface area contributed by atoms with Gasteiger partial charge in [0.15, 0.2) is 0 Å². The van der Waals surface area contributed by atoms with E-state index < -0.39 is 0 Å². The van der Waals surface area contributed by atoms with E-state index in [9.17, 15) is 0 Å². The maximum Gasteiger partial charge on any atom is 0.0619 e. The number of allylic oxidation sites excluding steroid dienone is 7. The number of aromatic nitrogens is 1. The number of nitrogens with two attached hydrogens (primary N) is 2. The molecule has 0 bridgehead atoms. The summed E-state index contributed by atoms with van der Waals surface area (Å²) in [4.78, 5) is 0. The van der Waals surface area contributed by atoms with Crippen molar-refractivity contribution in [2.24, 2.45) is 11.5 Å². The van der Waals surface area contributed by atoms with Crippen LogP contribution in [-0.2, 0) is 6.42 Å². The lowest BCUT2D eigenvalue weighted by Gasteiger charge is -2.11. The van der Waals surface area contributed by atoms with Crippen LogP contribution in [0, 0.1) is 5.41 Å². The quantitative estimate of drug-likeness (QED) is 0.0833. The van der Waals surface area contributed by atoms with E-state index >= 15 is 0 Å². The molecule has 0 fully saturated rings. The summed E-state index contributed by atoms with van der Waals surface area (Å²) in [5, 5.41) is 12.1. The summed E-state index contributed by atoms with van der Waals surface area (Å²) in [5.41, 5.74) is 21.3. The van der Waals surface area contributed by atoms with Crippen molar-refractivity contribution in [3.05, 3.63) is 182 Å². The zero-order valence-electron chi connectivity index (χ0n) is 28.6. The molecule has 0 amide bonds. The second kappa shape index (κ2) is 17.7. The summed E-state index contributed by atoms with van der Waals surface area (Å²) >= 11 is 0. The van der Waals surface area contributed by atoms with E-state index in [1.54, 1.807) is 6.08 Å². The molecule has 0 atom stereocenters. The molecular weight excluding hydrogens is 597 g/mol. The molecule has 0 aliphatic rings. The molecule has 0 radical (unpaired) electrons. The monoisotopic (exact) mass is 642 g/mol. The van der Waals surface area contributed by atoms with Crippen molar-refractivity contribution < 1.29 is 0 Å². The summed E-state index contributed by atoms with van der Waals surface area (Å²) in [7, 11) is 0. The highest BCUT2D eigenvalue weighted by molar-refractivity contribution is 6.19. The van der Waals surface area contributed by atoms with Crippen LogP contribution in [0.5, 0.6) is 0 Å². The van der Waals surface area contributed by atoms with Crippen LogP contribution in [0.3, 0.4) is 0 Å². The average molecular weight is 643 g/mol. The Balaban J connectivity index is 0.00000103. The number of fused-ring (bicyclic) bond motifs is 5. The number of nitrogens with one attached hydrogen (secondary N) is 1. The third-order valence-corrected chi connectivity index (χ3v) is 8.29. The van der Waals surface area contributed by atoms with Crippen LogP contribution in [-0.4, -0.2) is 10.8 Å². The molecule has 0 unspecified atom stereocenters. The van der Waals surface area contributed by atoms with Gasteiger partial charge in [-0.25, -0.2) is 0 Å². The smallest absolute Gasteiger partial charge is 0.0619 e. The molecule has 1 heterocycles. The number of rotatable bonds is 9. The van der Waals surface area contributed by atoms with Gasteiger partial charge in [-0.2, -0.15) is 0 Å². The number of nitrogens with zero attached hydrogens (tertiary/aromatic N) is 1. The third-order valence-electron chi connectivity index (χ3n) is 8.29. The van der Waals surface area contributed by atoms with E-state index in [4.69, 9.17) is 11.1 Å². The number of hydrogen-bond acceptors (Lipinski definition) is 3. The lowest BCUT2D eigenvalue weighted by atomic mass is 9.97. The molecule has 5 aromatic carbocycles. The van der Waals surface area contributed by atoms with Gasteiger partial charge < -0.3 is 21.4 Å². The number of benzene rings is 5. The Morgan fingerprint density at radius 1 is 0.796 bits per heavy atom. The molecule has 0 aliphatic carbocycles. The standard InChI is InChI=1S/C41H37N3.C2H5N.C2H4/c1-3-29(2)31-13-11-14-32(27-31)33-20-23-37-34(28-33)21-24-39-38-22-19-30(12-7-8-15-35(43)16-9-10-25-42)26-40(38)44(41(37)39)36-17-5-4-6-18-36;1-2-3;1-2/h3-11,13-15,17-28,42H,12,16,43H2,1-2H3;2H,1,3H2;1-2H2/b8-7-,10-9-,29-3+,35-15-,42-25?;;. The van der Waals surface area contributed by atoms with Gasteiger partial charge in [0, 0.05) is 40.2 Å². The highest BCUT2D eigenvalue weighted by Crippen LogP contribution is 2.38. The van der Waals surface area contributed by atoms with Crippen molar-refractivity contribution in [1.29, 1.82) is 5.41 Å². The van der Waals surface area contributed by atoms with Gasteiger partial charge in [-0.3, -0.25) is 0 Å². The lowest BCUT2D eigenvalue weighted by molar-refractivity contribution is 1.16. The van der Waals surface area contributed by atoms with Gasteiger partial charge in [-0.05, 0) is 102 Å². The Bertz CT molecular complexity index is 2180. The van der Waals surface area contributed by atoms with Crippen LogP contribution < -0.4 is 11.5 Å². The highest BCUT2D eigenvalue weighted by atomic mass is 15.0. The van der Waals surface area contributed by atoms with E-state index in [0.717, 1.165) is 17.8 Å². The molecule has 6 rings (SSSR count). The average Bonchev–Trinajstić information content (AvgIpc) is 3.48. The predicted octanol–water partition coefficient (Wildman–Crippen LogP) is 11.5. The Labute approximate surface area is 290 Å². The Morgan fingerprint density at radius 2 is 1.51 bits per heavy atom. The van der Waals surface area contributed by atoms with Gasteiger partial charge in [0.1, 0.15) is 0 Å².